The Morgan fingerprint density at radius 2 is 1.95 bits per heavy atom. The van der Waals surface area contributed by atoms with E-state index in [0.29, 0.717) is 13.1 Å². The van der Waals surface area contributed by atoms with Gasteiger partial charge >= 0.3 is 0 Å². The summed E-state index contributed by atoms with van der Waals surface area (Å²) in [6.07, 6.45) is 1.39. The highest BCUT2D eigenvalue weighted by Crippen LogP contribution is 2.38. The van der Waals surface area contributed by atoms with Crippen molar-refractivity contribution in [2.45, 2.75) is 12.5 Å². The number of amides is 1. The molecule has 0 N–H and O–H groups in total. The number of hydrogen-bond acceptors (Lipinski definition) is 1. The van der Waals surface area contributed by atoms with Crippen LogP contribution in [0.15, 0.2) is 65.7 Å². The van der Waals surface area contributed by atoms with Gasteiger partial charge in [-0.15, -0.1) is 0 Å². The molecule has 1 aliphatic rings. The van der Waals surface area contributed by atoms with Gasteiger partial charge in [-0.05, 0) is 28.8 Å². The summed E-state index contributed by atoms with van der Waals surface area (Å²) in [7, 11) is 0. The van der Waals surface area contributed by atoms with Crippen LogP contribution in [0.2, 0.25) is 0 Å². The molecule has 3 rings (SSSR count). The number of halogens is 1. The highest BCUT2D eigenvalue weighted by molar-refractivity contribution is 9.10. The van der Waals surface area contributed by atoms with Crippen LogP contribution in [0.3, 0.4) is 0 Å². The largest absolute Gasteiger partial charge is 0.334 e. The Balaban J connectivity index is 2.10. The van der Waals surface area contributed by atoms with Crippen molar-refractivity contribution in [2.24, 2.45) is 0 Å². The van der Waals surface area contributed by atoms with Crippen LogP contribution in [0.4, 0.5) is 0 Å². The van der Waals surface area contributed by atoms with Crippen molar-refractivity contribution in [3.05, 3.63) is 82.3 Å². The third-order valence-corrected chi connectivity index (χ3v) is 4.64. The molecule has 0 radical (unpaired) electrons. The van der Waals surface area contributed by atoms with E-state index in [2.05, 4.69) is 46.8 Å². The van der Waals surface area contributed by atoms with Gasteiger partial charge in [0.2, 0.25) is 5.91 Å². The number of rotatable bonds is 2. The molecule has 0 aromatic heterocycles. The second-order valence-corrected chi connectivity index (χ2v) is 6.05. The molecular weight excluding hydrogens is 326 g/mol. The molecule has 0 fully saturated rings. The summed E-state index contributed by atoms with van der Waals surface area (Å²) < 4.78 is 1.11. The first-order valence-corrected chi connectivity index (χ1v) is 7.73. The highest BCUT2D eigenvalue weighted by atomic mass is 79.9. The molecule has 1 amide bonds. The Morgan fingerprint density at radius 1 is 1.19 bits per heavy atom. The van der Waals surface area contributed by atoms with Crippen LogP contribution in [0.25, 0.3) is 0 Å². The summed E-state index contributed by atoms with van der Waals surface area (Å²) in [5, 5.41) is 0. The fourth-order valence-corrected chi connectivity index (χ4v) is 3.63. The number of hydrogen-bond donors (Lipinski definition) is 0. The van der Waals surface area contributed by atoms with Gasteiger partial charge in [0, 0.05) is 23.5 Å². The molecule has 0 spiro atoms. The van der Waals surface area contributed by atoms with Crippen molar-refractivity contribution in [3.8, 4) is 0 Å². The molecule has 1 atom stereocenters. The maximum absolute atomic E-state index is 12.0. The first-order valence-electron chi connectivity index (χ1n) is 6.94. The molecular formula is C18H16BrNO. The third kappa shape index (κ3) is 2.66. The fourth-order valence-electron chi connectivity index (χ4n) is 2.95. The van der Waals surface area contributed by atoms with E-state index in [-0.39, 0.29) is 11.8 Å². The minimum absolute atomic E-state index is 0.0124. The van der Waals surface area contributed by atoms with E-state index in [9.17, 15) is 4.79 Å². The van der Waals surface area contributed by atoms with Crippen molar-refractivity contribution in [2.75, 3.05) is 6.54 Å². The lowest BCUT2D eigenvalue weighted by molar-refractivity contribution is -0.127. The maximum atomic E-state index is 12.0. The van der Waals surface area contributed by atoms with E-state index < -0.39 is 0 Å². The molecule has 1 aliphatic heterocycles. The predicted octanol–water partition coefficient (Wildman–Crippen LogP) is 4.11. The molecule has 21 heavy (non-hydrogen) atoms. The second kappa shape index (κ2) is 5.86. The number of fused-ring (bicyclic) bond motifs is 1. The van der Waals surface area contributed by atoms with Crippen molar-refractivity contribution < 1.29 is 4.79 Å². The van der Waals surface area contributed by atoms with Gasteiger partial charge in [0.25, 0.3) is 0 Å². The first kappa shape index (κ1) is 14.1. The molecule has 0 aliphatic carbocycles. The van der Waals surface area contributed by atoms with Gasteiger partial charge in [-0.1, -0.05) is 65.0 Å². The minimum Gasteiger partial charge on any atom is -0.334 e. The molecule has 106 valence electrons. The summed E-state index contributed by atoms with van der Waals surface area (Å²) in [4.78, 5) is 13.9. The van der Waals surface area contributed by atoms with Gasteiger partial charge in [-0.25, -0.2) is 0 Å². The summed E-state index contributed by atoms with van der Waals surface area (Å²) in [6.45, 7) is 4.93. The summed E-state index contributed by atoms with van der Waals surface area (Å²) in [6, 6.07) is 16.5. The minimum atomic E-state index is -0.0124. The Kier molecular flexibility index (Phi) is 3.93. The highest BCUT2D eigenvalue weighted by Gasteiger charge is 2.29. The quantitative estimate of drug-likeness (QED) is 0.752. The Hall–Kier alpha value is -1.87. The number of carbonyl (C=O) groups excluding carboxylic acids is 1. The molecule has 0 saturated heterocycles. The van der Waals surface area contributed by atoms with Gasteiger partial charge in [-0.2, -0.15) is 0 Å². The second-order valence-electron chi connectivity index (χ2n) is 5.20. The molecule has 0 unspecified atom stereocenters. The zero-order valence-corrected chi connectivity index (χ0v) is 13.2. The van der Waals surface area contributed by atoms with Gasteiger partial charge in [0.15, 0.2) is 0 Å². The molecule has 1 heterocycles. The van der Waals surface area contributed by atoms with Crippen LogP contribution in [-0.2, 0) is 11.3 Å². The van der Waals surface area contributed by atoms with E-state index >= 15 is 0 Å². The summed E-state index contributed by atoms with van der Waals surface area (Å²) in [5.74, 6) is 0.177. The Labute approximate surface area is 133 Å². The molecule has 0 bridgehead atoms. The van der Waals surface area contributed by atoms with Crippen LogP contribution >= 0.6 is 15.9 Å². The molecule has 2 aromatic rings. The molecule has 3 heteroatoms. The van der Waals surface area contributed by atoms with E-state index in [4.69, 9.17) is 0 Å². The van der Waals surface area contributed by atoms with Gasteiger partial charge in [0.1, 0.15) is 0 Å². The lowest BCUT2D eigenvalue weighted by Gasteiger charge is -2.35. The number of benzene rings is 2. The van der Waals surface area contributed by atoms with Gasteiger partial charge in [0.05, 0.1) is 0 Å². The lowest BCUT2D eigenvalue weighted by Crippen LogP contribution is -2.37. The predicted molar refractivity (Wildman–Crippen MR) is 88.0 cm³/mol. The van der Waals surface area contributed by atoms with Crippen LogP contribution in [0, 0.1) is 0 Å². The maximum Gasteiger partial charge on any atom is 0.246 e. The van der Waals surface area contributed by atoms with E-state index in [1.165, 1.54) is 22.8 Å². The monoisotopic (exact) mass is 341 g/mol. The van der Waals surface area contributed by atoms with Crippen molar-refractivity contribution >= 4 is 21.8 Å². The van der Waals surface area contributed by atoms with Crippen LogP contribution in [-0.4, -0.2) is 17.4 Å². The van der Waals surface area contributed by atoms with Crippen molar-refractivity contribution in [1.29, 1.82) is 0 Å². The SMILES string of the molecule is C=CC(=O)N1Cc2cccc(Br)c2[C@@H](c2ccccc2)C1. The lowest BCUT2D eigenvalue weighted by atomic mass is 9.84. The Morgan fingerprint density at radius 3 is 2.67 bits per heavy atom. The molecule has 2 nitrogen and oxygen atoms in total. The number of nitrogens with zero attached hydrogens (tertiary/aromatic N) is 1. The summed E-state index contributed by atoms with van der Waals surface area (Å²) in [5.41, 5.74) is 3.71. The summed E-state index contributed by atoms with van der Waals surface area (Å²) >= 11 is 3.67. The van der Waals surface area contributed by atoms with E-state index in [1.54, 1.807) is 0 Å². The molecule has 0 saturated carbocycles. The van der Waals surface area contributed by atoms with Crippen LogP contribution in [0.5, 0.6) is 0 Å². The van der Waals surface area contributed by atoms with Crippen LogP contribution in [0.1, 0.15) is 22.6 Å². The van der Waals surface area contributed by atoms with Crippen molar-refractivity contribution in [3.63, 3.8) is 0 Å². The fraction of sp³-hybridized carbons (Fsp3) is 0.167. The average Bonchev–Trinajstić information content (AvgIpc) is 2.54. The topological polar surface area (TPSA) is 20.3 Å². The van der Waals surface area contributed by atoms with E-state index in [1.807, 2.05) is 29.2 Å². The normalized spacial score (nSPS) is 17.2. The van der Waals surface area contributed by atoms with Gasteiger partial charge in [-0.3, -0.25) is 4.79 Å². The Bertz CT molecular complexity index is 681. The standard InChI is InChI=1S/C18H16BrNO/c1-2-17(21)20-11-14-9-6-10-16(19)18(14)15(12-20)13-7-4-3-5-8-13/h2-10,15H,1,11-12H2/t15-/m1/s1. The smallest absolute Gasteiger partial charge is 0.246 e. The third-order valence-electron chi connectivity index (χ3n) is 3.94. The van der Waals surface area contributed by atoms with Crippen LogP contribution < -0.4 is 0 Å². The zero-order chi connectivity index (χ0) is 14.8. The zero-order valence-electron chi connectivity index (χ0n) is 11.6. The first-order chi connectivity index (χ1) is 10.2. The number of carbonyl (C=O) groups is 1. The van der Waals surface area contributed by atoms with E-state index in [0.717, 1.165) is 4.47 Å². The average molecular weight is 342 g/mol. The molecule has 2 aromatic carbocycles. The van der Waals surface area contributed by atoms with Crippen molar-refractivity contribution in [1.82, 2.24) is 4.90 Å². The van der Waals surface area contributed by atoms with Gasteiger partial charge < -0.3 is 4.90 Å².